The van der Waals surface area contributed by atoms with Gasteiger partial charge in [-0.3, -0.25) is 0 Å². The molecular formula is C8H15O3+. The first kappa shape index (κ1) is 7.53. The van der Waals surface area contributed by atoms with Gasteiger partial charge >= 0.3 is 6.29 Å². The van der Waals surface area contributed by atoms with Gasteiger partial charge in [0.05, 0.1) is 6.10 Å². The van der Waals surface area contributed by atoms with Crippen molar-refractivity contribution in [2.24, 2.45) is 5.92 Å². The summed E-state index contributed by atoms with van der Waals surface area (Å²) in [5.74, 6) is 0.197. The third kappa shape index (κ3) is 0.849. The summed E-state index contributed by atoms with van der Waals surface area (Å²) in [5.41, 5.74) is -0.286. The topological polar surface area (TPSA) is 42.3 Å². The second kappa shape index (κ2) is 1.97. The maximum Gasteiger partial charge on any atom is 0.345 e. The lowest BCUT2D eigenvalue weighted by Gasteiger charge is -2.27. The predicted octanol–water partition coefficient (Wildman–Crippen LogP) is 0.0285. The van der Waals surface area contributed by atoms with Gasteiger partial charge in [-0.2, -0.15) is 0 Å². The van der Waals surface area contributed by atoms with Gasteiger partial charge in [0.25, 0.3) is 5.60 Å². The van der Waals surface area contributed by atoms with E-state index in [0.29, 0.717) is 0 Å². The van der Waals surface area contributed by atoms with Gasteiger partial charge in [0, 0.05) is 12.8 Å². The zero-order valence-corrected chi connectivity index (χ0v) is 7.11. The van der Waals surface area contributed by atoms with E-state index in [2.05, 4.69) is 4.74 Å². The van der Waals surface area contributed by atoms with Gasteiger partial charge in [0.1, 0.15) is 6.10 Å². The highest BCUT2D eigenvalue weighted by atomic mass is 16.8. The van der Waals surface area contributed by atoms with Gasteiger partial charge in [-0.15, -0.1) is 0 Å². The second-order valence-electron chi connectivity index (χ2n) is 3.85. The number of epoxide rings is 1. The Morgan fingerprint density at radius 3 is 2.73 bits per heavy atom. The molecule has 11 heavy (non-hydrogen) atoms. The van der Waals surface area contributed by atoms with Crippen molar-refractivity contribution in [2.45, 2.75) is 44.9 Å². The van der Waals surface area contributed by atoms with Gasteiger partial charge in [-0.25, -0.2) is 0 Å². The highest BCUT2D eigenvalue weighted by molar-refractivity contribution is 5.04. The zero-order valence-electron chi connectivity index (χ0n) is 7.11. The third-order valence-electron chi connectivity index (χ3n) is 3.01. The third-order valence-corrected chi connectivity index (χ3v) is 3.01. The molecule has 5 atom stereocenters. The SMILES string of the molecule is CC1C(O)C2(C)[OH+]C2O[C@H]1C. The first-order chi connectivity index (χ1) is 5.05. The zero-order chi connectivity index (χ0) is 8.22. The molecule has 0 aromatic carbocycles. The predicted molar refractivity (Wildman–Crippen MR) is 40.1 cm³/mol. The van der Waals surface area contributed by atoms with Crippen LogP contribution in [0.15, 0.2) is 0 Å². The Morgan fingerprint density at radius 2 is 2.09 bits per heavy atom. The number of hydrogen-bond donors (Lipinski definition) is 1. The molecule has 0 aromatic rings. The van der Waals surface area contributed by atoms with E-state index in [-0.39, 0.29) is 30.0 Å². The molecule has 0 aliphatic carbocycles. The number of hydrogen-bond acceptors (Lipinski definition) is 2. The molecule has 0 bridgehead atoms. The number of aliphatic hydroxyl groups excluding tert-OH is 1. The molecule has 0 radical (unpaired) electrons. The molecule has 2 fully saturated rings. The summed E-state index contributed by atoms with van der Waals surface area (Å²) in [6.07, 6.45) is -0.228. The van der Waals surface area contributed by atoms with Crippen LogP contribution in [0.25, 0.3) is 0 Å². The maximum absolute atomic E-state index is 9.74. The summed E-state index contributed by atoms with van der Waals surface area (Å²) in [6.45, 7) is 5.94. The molecule has 3 heteroatoms. The van der Waals surface area contributed by atoms with Crippen LogP contribution in [0.5, 0.6) is 0 Å². The summed E-state index contributed by atoms with van der Waals surface area (Å²) >= 11 is 0. The largest absolute Gasteiger partial charge is 0.389 e. The average Bonchev–Trinajstić information content (AvgIpc) is 2.59. The fraction of sp³-hybridized carbons (Fsp3) is 1.00. The number of aliphatic hydroxyl groups is 3. The van der Waals surface area contributed by atoms with E-state index >= 15 is 0 Å². The molecule has 4 unspecified atom stereocenters. The van der Waals surface area contributed by atoms with E-state index in [1.807, 2.05) is 20.8 Å². The molecule has 2 aliphatic heterocycles. The van der Waals surface area contributed by atoms with Crippen molar-refractivity contribution in [3.8, 4) is 0 Å². The van der Waals surface area contributed by atoms with Crippen molar-refractivity contribution in [2.75, 3.05) is 0 Å². The standard InChI is InChI=1S/C8H14O3/c1-4-5(2)10-7-8(3,11-7)6(4)9/h4-7,9H,1-3H3/p+1/t4?,5-,6?,7?,8?/m0/s1. The summed E-state index contributed by atoms with van der Waals surface area (Å²) in [7, 11) is 0. The number of ether oxygens (including phenoxy) is 2. The molecule has 2 rings (SSSR count). The van der Waals surface area contributed by atoms with Crippen molar-refractivity contribution >= 4 is 0 Å². The molecule has 2 saturated heterocycles. The van der Waals surface area contributed by atoms with Gasteiger partial charge in [-0.1, -0.05) is 6.92 Å². The number of rotatable bonds is 0. The van der Waals surface area contributed by atoms with Crippen LogP contribution >= 0.6 is 0 Å². The van der Waals surface area contributed by atoms with Gasteiger partial charge in [-0.05, 0) is 6.92 Å². The van der Waals surface area contributed by atoms with Crippen molar-refractivity contribution in [3.63, 3.8) is 0 Å². The molecule has 3 nitrogen and oxygen atoms in total. The fourth-order valence-electron chi connectivity index (χ4n) is 1.72. The normalized spacial score (nSPS) is 62.2. The summed E-state index contributed by atoms with van der Waals surface area (Å²) in [6, 6.07) is 0. The lowest BCUT2D eigenvalue weighted by Crippen LogP contribution is -2.46. The molecule has 0 aromatic heterocycles. The van der Waals surface area contributed by atoms with Crippen molar-refractivity contribution in [1.29, 1.82) is 0 Å². The smallest absolute Gasteiger partial charge is 0.345 e. The van der Waals surface area contributed by atoms with E-state index in [4.69, 9.17) is 4.74 Å². The van der Waals surface area contributed by atoms with Gasteiger partial charge in [0.2, 0.25) is 0 Å². The average molecular weight is 159 g/mol. The summed E-state index contributed by atoms with van der Waals surface area (Å²) in [4.78, 5) is 0. The molecule has 64 valence electrons. The Labute approximate surface area is 66.3 Å². The summed E-state index contributed by atoms with van der Waals surface area (Å²) in [5, 5.41) is 9.74. The van der Waals surface area contributed by atoms with Crippen LogP contribution in [0.2, 0.25) is 0 Å². The van der Waals surface area contributed by atoms with Crippen LogP contribution in [0.4, 0.5) is 0 Å². The lowest BCUT2D eigenvalue weighted by atomic mass is 9.87. The molecule has 2 aliphatic rings. The van der Waals surface area contributed by atoms with Gasteiger partial charge in [0.15, 0.2) is 0 Å². The number of fused-ring (bicyclic) bond motifs is 1. The lowest BCUT2D eigenvalue weighted by molar-refractivity contribution is -0.0930. The maximum atomic E-state index is 9.74. The minimum absolute atomic E-state index is 0.0382. The van der Waals surface area contributed by atoms with E-state index in [0.717, 1.165) is 0 Å². The molecule has 0 saturated carbocycles. The van der Waals surface area contributed by atoms with Crippen LogP contribution < -0.4 is 0 Å². The Kier molecular flexibility index (Phi) is 1.35. The van der Waals surface area contributed by atoms with E-state index in [1.54, 1.807) is 0 Å². The van der Waals surface area contributed by atoms with E-state index in [1.165, 1.54) is 0 Å². The Morgan fingerprint density at radius 1 is 1.45 bits per heavy atom. The van der Waals surface area contributed by atoms with Crippen molar-refractivity contribution in [1.82, 2.24) is 0 Å². The highest BCUT2D eigenvalue weighted by Crippen LogP contribution is 2.45. The monoisotopic (exact) mass is 159 g/mol. The quantitative estimate of drug-likeness (QED) is 0.400. The van der Waals surface area contributed by atoms with Crippen LogP contribution in [0.1, 0.15) is 20.8 Å². The molecule has 2 N–H and O–H groups in total. The Bertz CT molecular complexity index is 182. The van der Waals surface area contributed by atoms with Crippen molar-refractivity contribution < 1.29 is 14.6 Å². The summed E-state index contributed by atoms with van der Waals surface area (Å²) < 4.78 is 9.71. The minimum Gasteiger partial charge on any atom is -0.389 e. The van der Waals surface area contributed by atoms with Crippen LogP contribution in [-0.2, 0) is 4.74 Å². The second-order valence-corrected chi connectivity index (χ2v) is 3.85. The molecular weight excluding hydrogens is 144 g/mol. The molecule has 0 amide bonds. The first-order valence-electron chi connectivity index (χ1n) is 4.11. The van der Waals surface area contributed by atoms with Crippen molar-refractivity contribution in [3.05, 3.63) is 0 Å². The van der Waals surface area contributed by atoms with Gasteiger partial charge < -0.3 is 14.6 Å². The first-order valence-corrected chi connectivity index (χ1v) is 4.11. The highest BCUT2D eigenvalue weighted by Gasteiger charge is 2.72. The van der Waals surface area contributed by atoms with E-state index < -0.39 is 0 Å². The van der Waals surface area contributed by atoms with Crippen LogP contribution in [0.3, 0.4) is 0 Å². The van der Waals surface area contributed by atoms with E-state index in [9.17, 15) is 5.11 Å². The Hall–Kier alpha value is -0.120. The Balaban J connectivity index is 2.16. The van der Waals surface area contributed by atoms with Crippen LogP contribution in [-0.4, -0.2) is 33.9 Å². The molecule has 2 heterocycles. The van der Waals surface area contributed by atoms with Crippen LogP contribution in [0, 0.1) is 5.92 Å². The minimum atomic E-state index is -0.323. The molecule has 0 spiro atoms. The fourth-order valence-corrected chi connectivity index (χ4v) is 1.72.